The molecule has 0 aromatic carbocycles. The molecule has 1 unspecified atom stereocenters. The summed E-state index contributed by atoms with van der Waals surface area (Å²) in [6.07, 6.45) is 6.16. The van der Waals surface area contributed by atoms with Gasteiger partial charge in [0.25, 0.3) is 0 Å². The number of terminal acetylenes is 1. The van der Waals surface area contributed by atoms with Crippen LogP contribution in [-0.4, -0.2) is 11.0 Å². The van der Waals surface area contributed by atoms with E-state index in [1.165, 1.54) is 0 Å². The summed E-state index contributed by atoms with van der Waals surface area (Å²) in [5, 5.41) is 11.9. The second kappa shape index (κ2) is 5.02. The van der Waals surface area contributed by atoms with E-state index in [-0.39, 0.29) is 6.04 Å². The molecule has 0 aliphatic carbocycles. The van der Waals surface area contributed by atoms with Crippen LogP contribution in [0.4, 0.5) is 5.82 Å². The molecular weight excluding hydrogens is 186 g/mol. The van der Waals surface area contributed by atoms with Gasteiger partial charge in [0.05, 0.1) is 17.7 Å². The second-order valence-electron chi connectivity index (χ2n) is 3.27. The van der Waals surface area contributed by atoms with Gasteiger partial charge in [0.1, 0.15) is 5.82 Å². The van der Waals surface area contributed by atoms with Crippen LogP contribution in [0.1, 0.15) is 24.6 Å². The largest absolute Gasteiger partial charge is 0.356 e. The van der Waals surface area contributed by atoms with Crippen LogP contribution in [0.3, 0.4) is 0 Å². The highest BCUT2D eigenvalue weighted by molar-refractivity contribution is 5.46. The third-order valence-electron chi connectivity index (χ3n) is 2.01. The van der Waals surface area contributed by atoms with E-state index in [1.54, 1.807) is 12.1 Å². The van der Waals surface area contributed by atoms with Gasteiger partial charge in [-0.3, -0.25) is 0 Å². The first kappa shape index (κ1) is 11.1. The maximum atomic E-state index is 8.79. The average Bonchev–Trinajstić information content (AvgIpc) is 2.25. The zero-order valence-electron chi connectivity index (χ0n) is 8.91. The Morgan fingerprint density at radius 1 is 1.60 bits per heavy atom. The fourth-order valence-corrected chi connectivity index (χ4v) is 1.25. The summed E-state index contributed by atoms with van der Waals surface area (Å²) in [4.78, 5) is 4.26. The van der Waals surface area contributed by atoms with Crippen molar-refractivity contribution in [3.63, 3.8) is 0 Å². The van der Waals surface area contributed by atoms with Crippen LogP contribution in [0.2, 0.25) is 0 Å². The highest BCUT2D eigenvalue weighted by atomic mass is 15.0. The third kappa shape index (κ3) is 3.00. The monoisotopic (exact) mass is 199 g/mol. The Kier molecular flexibility index (Phi) is 3.71. The Morgan fingerprint density at radius 3 is 2.87 bits per heavy atom. The van der Waals surface area contributed by atoms with Crippen LogP contribution in [0, 0.1) is 30.6 Å². The zero-order chi connectivity index (χ0) is 11.3. The molecule has 76 valence electrons. The maximum absolute atomic E-state index is 8.79. The van der Waals surface area contributed by atoms with Gasteiger partial charge in [0.15, 0.2) is 0 Å². The van der Waals surface area contributed by atoms with Gasteiger partial charge in [-0.15, -0.1) is 6.42 Å². The highest BCUT2D eigenvalue weighted by Crippen LogP contribution is 2.11. The quantitative estimate of drug-likeness (QED) is 0.758. The van der Waals surface area contributed by atoms with E-state index in [0.717, 1.165) is 12.1 Å². The lowest BCUT2D eigenvalue weighted by atomic mass is 10.2. The minimum absolute atomic E-state index is 0.0363. The Morgan fingerprint density at radius 2 is 2.33 bits per heavy atom. The summed E-state index contributed by atoms with van der Waals surface area (Å²) in [5.74, 6) is 3.29. The molecule has 0 fully saturated rings. The fourth-order valence-electron chi connectivity index (χ4n) is 1.25. The van der Waals surface area contributed by atoms with E-state index >= 15 is 0 Å². The van der Waals surface area contributed by atoms with Crippen LogP contribution in [-0.2, 0) is 0 Å². The number of anilines is 1. The van der Waals surface area contributed by atoms with E-state index in [1.807, 2.05) is 13.8 Å². The van der Waals surface area contributed by atoms with Gasteiger partial charge in [-0.2, -0.15) is 5.26 Å². The highest BCUT2D eigenvalue weighted by Gasteiger charge is 2.04. The molecule has 1 N–H and O–H groups in total. The van der Waals surface area contributed by atoms with Gasteiger partial charge in [-0.05, 0) is 25.5 Å². The number of nitriles is 1. The molecule has 0 radical (unpaired) electrons. The number of pyridine rings is 1. The standard InChI is InChI=1S/C12H13N3/c1-4-11(5-2)15-12-7-10(8-13)6-9(3)14-12/h1,6-7,11H,5H2,2-3H3,(H,14,15). The Labute approximate surface area is 90.1 Å². The Bertz CT molecular complexity index is 423. The van der Waals surface area contributed by atoms with Gasteiger partial charge >= 0.3 is 0 Å². The van der Waals surface area contributed by atoms with Gasteiger partial charge in [-0.25, -0.2) is 4.98 Å². The summed E-state index contributed by atoms with van der Waals surface area (Å²) >= 11 is 0. The van der Waals surface area contributed by atoms with Crippen molar-refractivity contribution in [1.29, 1.82) is 5.26 Å². The van der Waals surface area contributed by atoms with Crippen molar-refractivity contribution in [2.45, 2.75) is 26.3 Å². The number of nitrogens with zero attached hydrogens (tertiary/aromatic N) is 2. The lowest BCUT2D eigenvalue weighted by Crippen LogP contribution is -2.16. The molecule has 1 rings (SSSR count). The number of aromatic nitrogens is 1. The van der Waals surface area contributed by atoms with Gasteiger partial charge in [-0.1, -0.05) is 12.8 Å². The number of aryl methyl sites for hydroxylation is 1. The van der Waals surface area contributed by atoms with Crippen molar-refractivity contribution >= 4 is 5.82 Å². The summed E-state index contributed by atoms with van der Waals surface area (Å²) in [7, 11) is 0. The zero-order valence-corrected chi connectivity index (χ0v) is 8.91. The average molecular weight is 199 g/mol. The first-order valence-electron chi connectivity index (χ1n) is 4.81. The first-order valence-corrected chi connectivity index (χ1v) is 4.81. The van der Waals surface area contributed by atoms with Crippen molar-refractivity contribution in [3.05, 3.63) is 23.4 Å². The van der Waals surface area contributed by atoms with Crippen molar-refractivity contribution in [2.75, 3.05) is 5.32 Å². The van der Waals surface area contributed by atoms with Crippen LogP contribution in [0.25, 0.3) is 0 Å². The molecule has 0 spiro atoms. The van der Waals surface area contributed by atoms with Crippen molar-refractivity contribution in [1.82, 2.24) is 4.98 Å². The minimum Gasteiger partial charge on any atom is -0.356 e. The lowest BCUT2D eigenvalue weighted by molar-refractivity contribution is 0.849. The molecule has 15 heavy (non-hydrogen) atoms. The maximum Gasteiger partial charge on any atom is 0.128 e. The van der Waals surface area contributed by atoms with Gasteiger partial charge < -0.3 is 5.32 Å². The van der Waals surface area contributed by atoms with Crippen molar-refractivity contribution in [2.24, 2.45) is 0 Å². The molecule has 1 aromatic rings. The summed E-state index contributed by atoms with van der Waals surface area (Å²) in [5.41, 5.74) is 1.40. The predicted molar refractivity (Wildman–Crippen MR) is 60.2 cm³/mol. The van der Waals surface area contributed by atoms with E-state index in [0.29, 0.717) is 11.4 Å². The van der Waals surface area contributed by atoms with E-state index < -0.39 is 0 Å². The third-order valence-corrected chi connectivity index (χ3v) is 2.01. The number of hydrogen-bond acceptors (Lipinski definition) is 3. The Hall–Kier alpha value is -2.00. The molecule has 0 saturated carbocycles. The lowest BCUT2D eigenvalue weighted by Gasteiger charge is -2.11. The van der Waals surface area contributed by atoms with Gasteiger partial charge in [0.2, 0.25) is 0 Å². The predicted octanol–water partition coefficient (Wildman–Crippen LogP) is 2.09. The van der Waals surface area contributed by atoms with Crippen molar-refractivity contribution < 1.29 is 0 Å². The molecule has 0 amide bonds. The SMILES string of the molecule is C#CC(CC)Nc1cc(C#N)cc(C)n1. The molecule has 1 aromatic heterocycles. The molecule has 0 saturated heterocycles. The van der Waals surface area contributed by atoms with Crippen LogP contribution in [0.5, 0.6) is 0 Å². The van der Waals surface area contributed by atoms with Crippen LogP contribution >= 0.6 is 0 Å². The number of rotatable bonds is 3. The molecule has 0 aliphatic rings. The summed E-state index contributed by atoms with van der Waals surface area (Å²) < 4.78 is 0. The second-order valence-corrected chi connectivity index (χ2v) is 3.27. The van der Waals surface area contributed by atoms with E-state index in [4.69, 9.17) is 11.7 Å². The fraction of sp³-hybridized carbons (Fsp3) is 0.333. The van der Waals surface area contributed by atoms with Gasteiger partial charge in [0, 0.05) is 5.69 Å². The molecule has 1 heterocycles. The normalized spacial score (nSPS) is 11.2. The minimum atomic E-state index is -0.0363. The van der Waals surface area contributed by atoms with Crippen LogP contribution < -0.4 is 5.32 Å². The molecule has 3 heteroatoms. The first-order chi connectivity index (χ1) is 7.19. The van der Waals surface area contributed by atoms with E-state index in [2.05, 4.69) is 22.3 Å². The smallest absolute Gasteiger partial charge is 0.128 e. The summed E-state index contributed by atoms with van der Waals surface area (Å²) in [6, 6.07) is 5.49. The van der Waals surface area contributed by atoms with Crippen LogP contribution in [0.15, 0.2) is 12.1 Å². The van der Waals surface area contributed by atoms with E-state index in [9.17, 15) is 0 Å². The molecule has 3 nitrogen and oxygen atoms in total. The Balaban J connectivity index is 2.92. The topological polar surface area (TPSA) is 48.7 Å². The number of hydrogen-bond donors (Lipinski definition) is 1. The molecule has 0 aliphatic heterocycles. The van der Waals surface area contributed by atoms with Crippen molar-refractivity contribution in [3.8, 4) is 18.4 Å². The summed E-state index contributed by atoms with van der Waals surface area (Å²) in [6.45, 7) is 3.85. The molecule has 0 bridgehead atoms. The number of nitrogens with one attached hydrogen (secondary N) is 1. The molecule has 1 atom stereocenters. The molecular formula is C12H13N3.